The number of carboxylic acid groups (broad SMARTS) is 1. The maximum absolute atomic E-state index is 14.0. The number of carbonyl (C=O) groups excluding carboxylic acids is 1. The second kappa shape index (κ2) is 10.4. The van der Waals surface area contributed by atoms with Gasteiger partial charge in [0.05, 0.1) is 18.1 Å². The number of benzene rings is 2. The molecule has 2 aromatic rings. The van der Waals surface area contributed by atoms with E-state index in [1.54, 1.807) is 0 Å². The Balaban J connectivity index is 1.12. The predicted octanol–water partition coefficient (Wildman–Crippen LogP) is 4.90. The van der Waals surface area contributed by atoms with Gasteiger partial charge in [-0.3, -0.25) is 9.59 Å². The van der Waals surface area contributed by atoms with Crippen LogP contribution in [-0.4, -0.2) is 71.7 Å². The average molecular weight is 545 g/mol. The lowest BCUT2D eigenvalue weighted by atomic mass is 9.82. The molecular formula is C29H34ClFN2O5. The summed E-state index contributed by atoms with van der Waals surface area (Å²) in [5.41, 5.74) is 0.734. The molecule has 3 aliphatic heterocycles. The van der Waals surface area contributed by atoms with Gasteiger partial charge in [-0.15, -0.1) is 0 Å². The highest BCUT2D eigenvalue weighted by molar-refractivity contribution is 6.30. The molecule has 2 aromatic carbocycles. The van der Waals surface area contributed by atoms with E-state index in [0.29, 0.717) is 13.2 Å². The molecule has 5 rings (SSSR count). The van der Waals surface area contributed by atoms with Crippen LogP contribution in [-0.2, 0) is 11.2 Å². The molecule has 2 fully saturated rings. The van der Waals surface area contributed by atoms with Crippen molar-refractivity contribution in [2.24, 2.45) is 11.3 Å². The monoisotopic (exact) mass is 544 g/mol. The van der Waals surface area contributed by atoms with Crippen molar-refractivity contribution in [2.45, 2.75) is 45.1 Å². The van der Waals surface area contributed by atoms with Crippen LogP contribution >= 0.6 is 11.6 Å². The zero-order valence-corrected chi connectivity index (χ0v) is 22.6. The van der Waals surface area contributed by atoms with Crippen LogP contribution in [0.5, 0.6) is 11.5 Å². The number of hydrogen-bond donors (Lipinski definition) is 1. The van der Waals surface area contributed by atoms with Crippen molar-refractivity contribution in [3.8, 4) is 11.5 Å². The van der Waals surface area contributed by atoms with Gasteiger partial charge >= 0.3 is 5.97 Å². The zero-order valence-electron chi connectivity index (χ0n) is 21.8. The van der Waals surface area contributed by atoms with E-state index in [1.807, 2.05) is 32.0 Å². The lowest BCUT2D eigenvalue weighted by Gasteiger charge is -2.38. The summed E-state index contributed by atoms with van der Waals surface area (Å²) in [6.45, 7) is 7.13. The van der Waals surface area contributed by atoms with Crippen molar-refractivity contribution >= 4 is 23.5 Å². The van der Waals surface area contributed by atoms with E-state index >= 15 is 0 Å². The molecule has 0 saturated carbocycles. The Morgan fingerprint density at radius 2 is 1.95 bits per heavy atom. The SMILES string of the molecule is CC1(C)CN(C(=O)c2ccc(F)cc2OCCCN2CCC3(CC2)Cc2cc(Cl)ccc2O3)CC1C(=O)O. The number of ether oxygens (including phenoxy) is 2. The van der Waals surface area contributed by atoms with E-state index in [9.17, 15) is 19.1 Å². The van der Waals surface area contributed by atoms with Gasteiger partial charge in [0, 0.05) is 63.1 Å². The molecule has 9 heteroatoms. The van der Waals surface area contributed by atoms with Crippen molar-refractivity contribution in [1.29, 1.82) is 0 Å². The van der Waals surface area contributed by atoms with Gasteiger partial charge in [0.25, 0.3) is 5.91 Å². The van der Waals surface area contributed by atoms with Gasteiger partial charge in [0.1, 0.15) is 22.9 Å². The molecule has 1 amide bonds. The quantitative estimate of drug-likeness (QED) is 0.499. The Kier molecular flexibility index (Phi) is 7.31. The van der Waals surface area contributed by atoms with Gasteiger partial charge in [-0.1, -0.05) is 25.4 Å². The molecule has 0 bridgehead atoms. The number of fused-ring (bicyclic) bond motifs is 1. The molecule has 1 unspecified atom stereocenters. The Morgan fingerprint density at radius 3 is 2.66 bits per heavy atom. The van der Waals surface area contributed by atoms with Crippen LogP contribution in [0.25, 0.3) is 0 Å². The lowest BCUT2D eigenvalue weighted by molar-refractivity contribution is -0.143. The molecule has 1 atom stereocenters. The summed E-state index contributed by atoms with van der Waals surface area (Å²) in [4.78, 5) is 28.8. The highest BCUT2D eigenvalue weighted by atomic mass is 35.5. The number of amides is 1. The Hall–Kier alpha value is -2.84. The number of halogens is 2. The first kappa shape index (κ1) is 26.8. The third-order valence-electron chi connectivity index (χ3n) is 8.21. The Morgan fingerprint density at radius 1 is 1.18 bits per heavy atom. The first-order valence-corrected chi connectivity index (χ1v) is 13.6. The maximum Gasteiger partial charge on any atom is 0.308 e. The second-order valence-electron chi connectivity index (χ2n) is 11.5. The van der Waals surface area contributed by atoms with Crippen LogP contribution < -0.4 is 9.47 Å². The number of piperidine rings is 1. The van der Waals surface area contributed by atoms with Gasteiger partial charge in [0.15, 0.2) is 0 Å². The molecule has 1 spiro atoms. The summed E-state index contributed by atoms with van der Waals surface area (Å²) >= 11 is 6.15. The van der Waals surface area contributed by atoms with Crippen LogP contribution in [0.3, 0.4) is 0 Å². The number of carboxylic acids is 1. The minimum atomic E-state index is -0.919. The Bertz CT molecular complexity index is 1230. The summed E-state index contributed by atoms with van der Waals surface area (Å²) < 4.78 is 26.3. The van der Waals surface area contributed by atoms with Crippen molar-refractivity contribution in [3.05, 3.63) is 58.4 Å². The van der Waals surface area contributed by atoms with Gasteiger partial charge in [-0.05, 0) is 47.7 Å². The van der Waals surface area contributed by atoms with Crippen molar-refractivity contribution in [2.75, 3.05) is 39.3 Å². The van der Waals surface area contributed by atoms with Gasteiger partial charge in [0.2, 0.25) is 0 Å². The fraction of sp³-hybridized carbons (Fsp3) is 0.517. The average Bonchev–Trinajstić information content (AvgIpc) is 3.38. The molecule has 1 N–H and O–H groups in total. The van der Waals surface area contributed by atoms with Gasteiger partial charge in [-0.2, -0.15) is 0 Å². The minimum Gasteiger partial charge on any atom is -0.493 e. The summed E-state index contributed by atoms with van der Waals surface area (Å²) in [6.07, 6.45) is 3.49. The highest BCUT2D eigenvalue weighted by Crippen LogP contribution is 2.42. The number of aliphatic carboxylic acids is 1. The number of hydrogen-bond acceptors (Lipinski definition) is 5. The fourth-order valence-corrected chi connectivity index (χ4v) is 6.19. The van der Waals surface area contributed by atoms with Crippen molar-refractivity contribution in [1.82, 2.24) is 9.80 Å². The molecule has 7 nitrogen and oxygen atoms in total. The molecular weight excluding hydrogens is 511 g/mol. The summed E-state index contributed by atoms with van der Waals surface area (Å²) in [6, 6.07) is 9.70. The Labute approximate surface area is 227 Å². The molecule has 204 valence electrons. The second-order valence-corrected chi connectivity index (χ2v) is 11.9. The van der Waals surface area contributed by atoms with E-state index in [1.165, 1.54) is 28.7 Å². The summed E-state index contributed by atoms with van der Waals surface area (Å²) in [5.74, 6) is -1.26. The van der Waals surface area contributed by atoms with E-state index in [4.69, 9.17) is 21.1 Å². The predicted molar refractivity (Wildman–Crippen MR) is 142 cm³/mol. The molecule has 38 heavy (non-hydrogen) atoms. The fourth-order valence-electron chi connectivity index (χ4n) is 6.00. The largest absolute Gasteiger partial charge is 0.493 e. The van der Waals surface area contributed by atoms with Crippen LogP contribution in [0, 0.1) is 17.2 Å². The van der Waals surface area contributed by atoms with E-state index in [-0.39, 0.29) is 29.4 Å². The maximum atomic E-state index is 14.0. The first-order chi connectivity index (χ1) is 18.1. The highest BCUT2D eigenvalue weighted by Gasteiger charge is 2.46. The molecule has 0 radical (unpaired) electrons. The number of nitrogens with zero attached hydrogens (tertiary/aromatic N) is 2. The number of carbonyl (C=O) groups is 2. The zero-order chi connectivity index (χ0) is 27.1. The summed E-state index contributed by atoms with van der Waals surface area (Å²) in [5, 5.41) is 10.3. The smallest absolute Gasteiger partial charge is 0.308 e. The van der Waals surface area contributed by atoms with Crippen LogP contribution in [0.1, 0.15) is 49.0 Å². The van der Waals surface area contributed by atoms with Gasteiger partial charge in [-0.25, -0.2) is 4.39 Å². The van der Waals surface area contributed by atoms with Crippen LogP contribution in [0.4, 0.5) is 4.39 Å². The summed E-state index contributed by atoms with van der Waals surface area (Å²) in [7, 11) is 0. The lowest BCUT2D eigenvalue weighted by Crippen LogP contribution is -2.47. The number of rotatable bonds is 7. The van der Waals surface area contributed by atoms with Gasteiger partial charge < -0.3 is 24.4 Å². The van der Waals surface area contributed by atoms with Crippen molar-refractivity contribution < 1.29 is 28.6 Å². The minimum absolute atomic E-state index is 0.121. The van der Waals surface area contributed by atoms with Crippen LogP contribution in [0.2, 0.25) is 5.02 Å². The third kappa shape index (κ3) is 5.47. The molecule has 3 heterocycles. The topological polar surface area (TPSA) is 79.3 Å². The third-order valence-corrected chi connectivity index (χ3v) is 8.44. The molecule has 0 aliphatic carbocycles. The van der Waals surface area contributed by atoms with Crippen LogP contribution in [0.15, 0.2) is 36.4 Å². The molecule has 2 saturated heterocycles. The van der Waals surface area contributed by atoms with E-state index in [2.05, 4.69) is 4.90 Å². The first-order valence-electron chi connectivity index (χ1n) is 13.2. The van der Waals surface area contributed by atoms with E-state index < -0.39 is 23.1 Å². The van der Waals surface area contributed by atoms with Crippen molar-refractivity contribution in [3.63, 3.8) is 0 Å². The molecule has 3 aliphatic rings. The number of likely N-dealkylation sites (tertiary alicyclic amines) is 2. The standard InChI is InChI=1S/C29H34ClFN2O5/c1-28(2)18-33(17-23(28)27(35)36)26(34)22-6-5-21(31)15-25(22)37-13-3-10-32-11-8-29(9-12-32)16-19-14-20(30)4-7-24(19)38-29/h4-7,14-15,23H,3,8-13,16-18H2,1-2H3,(H,35,36). The molecule has 0 aromatic heterocycles. The van der Waals surface area contributed by atoms with E-state index in [0.717, 1.165) is 56.1 Å². The normalized spacial score (nSPS) is 21.8.